The van der Waals surface area contributed by atoms with E-state index in [0.717, 1.165) is 11.1 Å². The molecule has 1 aliphatic heterocycles. The number of rotatable bonds is 2. The highest BCUT2D eigenvalue weighted by Gasteiger charge is 2.19. The predicted octanol–water partition coefficient (Wildman–Crippen LogP) is 3.19. The van der Waals surface area contributed by atoms with Crippen LogP contribution in [0.15, 0.2) is 70.6 Å². The van der Waals surface area contributed by atoms with Crippen LogP contribution in [0.2, 0.25) is 0 Å². The van der Waals surface area contributed by atoms with Gasteiger partial charge in [-0.1, -0.05) is 72.4 Å². The fourth-order valence-electron chi connectivity index (χ4n) is 1.90. The second-order valence-electron chi connectivity index (χ2n) is 4.15. The van der Waals surface area contributed by atoms with Crippen LogP contribution >= 0.6 is 11.8 Å². The molecule has 0 aromatic heterocycles. The summed E-state index contributed by atoms with van der Waals surface area (Å²) in [6.07, 6.45) is 0. The van der Waals surface area contributed by atoms with Crippen LogP contribution in [-0.2, 0) is 0 Å². The molecule has 0 amide bonds. The summed E-state index contributed by atoms with van der Waals surface area (Å²) < 4.78 is 0. The number of thioether (sulfide) groups is 1. The van der Waals surface area contributed by atoms with Gasteiger partial charge in [0.05, 0.1) is 0 Å². The van der Waals surface area contributed by atoms with Crippen molar-refractivity contribution >= 4 is 22.8 Å². The number of hydrogen-bond acceptors (Lipinski definition) is 4. The van der Waals surface area contributed by atoms with Crippen LogP contribution in [-0.4, -0.2) is 11.0 Å². The summed E-state index contributed by atoms with van der Waals surface area (Å²) in [7, 11) is 0. The molecule has 0 fully saturated rings. The number of aliphatic imine (C=N–C) groups is 2. The first-order chi connectivity index (χ1) is 9.33. The molecule has 0 radical (unpaired) electrons. The van der Waals surface area contributed by atoms with Gasteiger partial charge in [-0.3, -0.25) is 0 Å². The highest BCUT2D eigenvalue weighted by molar-refractivity contribution is 8.14. The molecular weight excluding hydrogens is 254 g/mol. The van der Waals surface area contributed by atoms with E-state index in [0.29, 0.717) is 11.0 Å². The molecule has 1 heterocycles. The Kier molecular flexibility index (Phi) is 3.33. The van der Waals surface area contributed by atoms with Gasteiger partial charge in [0.2, 0.25) is 0 Å². The normalized spacial score (nSPS) is 18.6. The molecule has 0 saturated carbocycles. The Morgan fingerprint density at radius 2 is 1.53 bits per heavy atom. The minimum absolute atomic E-state index is 0.0195. The predicted molar refractivity (Wildman–Crippen MR) is 81.4 cm³/mol. The van der Waals surface area contributed by atoms with Gasteiger partial charge in [-0.25, -0.2) is 9.98 Å². The van der Waals surface area contributed by atoms with Gasteiger partial charge in [-0.2, -0.15) is 0 Å². The Balaban J connectivity index is 1.98. The maximum atomic E-state index is 5.92. The molecular formula is C15H13N3S. The van der Waals surface area contributed by atoms with Crippen molar-refractivity contribution in [1.29, 1.82) is 0 Å². The summed E-state index contributed by atoms with van der Waals surface area (Å²) in [6, 6.07) is 20.0. The molecule has 3 rings (SSSR count). The second kappa shape index (κ2) is 5.28. The fourth-order valence-corrected chi connectivity index (χ4v) is 2.71. The van der Waals surface area contributed by atoms with Crippen molar-refractivity contribution in [1.82, 2.24) is 0 Å². The van der Waals surface area contributed by atoms with E-state index in [1.54, 1.807) is 0 Å². The van der Waals surface area contributed by atoms with Crippen LogP contribution in [0.3, 0.4) is 0 Å². The minimum atomic E-state index is -0.0195. The van der Waals surface area contributed by atoms with E-state index < -0.39 is 0 Å². The molecule has 2 aromatic rings. The van der Waals surface area contributed by atoms with E-state index in [1.807, 2.05) is 48.5 Å². The molecule has 3 nitrogen and oxygen atoms in total. The van der Waals surface area contributed by atoms with Gasteiger partial charge < -0.3 is 5.73 Å². The van der Waals surface area contributed by atoms with Crippen molar-refractivity contribution in [2.75, 3.05) is 0 Å². The van der Waals surface area contributed by atoms with Crippen molar-refractivity contribution in [3.8, 4) is 0 Å². The first kappa shape index (κ1) is 12.0. The van der Waals surface area contributed by atoms with Gasteiger partial charge in [0.15, 0.2) is 11.0 Å². The van der Waals surface area contributed by atoms with Crippen LogP contribution in [0.25, 0.3) is 0 Å². The number of hydrogen-bond donors (Lipinski definition) is 1. The zero-order valence-corrected chi connectivity index (χ0v) is 11.0. The molecule has 2 aromatic carbocycles. The maximum Gasteiger partial charge on any atom is 0.163 e. The van der Waals surface area contributed by atoms with Crippen LogP contribution < -0.4 is 5.73 Å². The smallest absolute Gasteiger partial charge is 0.163 e. The molecule has 0 spiro atoms. The van der Waals surface area contributed by atoms with Crippen molar-refractivity contribution in [3.63, 3.8) is 0 Å². The van der Waals surface area contributed by atoms with Gasteiger partial charge in [-0.05, 0) is 5.56 Å². The average molecular weight is 267 g/mol. The van der Waals surface area contributed by atoms with Gasteiger partial charge >= 0.3 is 0 Å². The lowest BCUT2D eigenvalue weighted by Gasteiger charge is -2.18. The number of nitrogens with zero attached hydrogens (tertiary/aromatic N) is 2. The van der Waals surface area contributed by atoms with Gasteiger partial charge in [0, 0.05) is 5.56 Å². The molecule has 94 valence electrons. The first-order valence-electron chi connectivity index (χ1n) is 6.02. The SMILES string of the molecule is NC1=NC(c2ccccc2)=N[C@@H](c2ccccc2)S1. The molecule has 4 heteroatoms. The minimum Gasteiger partial charge on any atom is -0.378 e. The summed E-state index contributed by atoms with van der Waals surface area (Å²) in [5.74, 6) is 0.700. The van der Waals surface area contributed by atoms with E-state index in [-0.39, 0.29) is 5.37 Å². The van der Waals surface area contributed by atoms with Crippen LogP contribution in [0.4, 0.5) is 0 Å². The van der Waals surface area contributed by atoms with Crippen LogP contribution in [0.5, 0.6) is 0 Å². The molecule has 19 heavy (non-hydrogen) atoms. The Labute approximate surface area is 116 Å². The topological polar surface area (TPSA) is 50.7 Å². The third-order valence-electron chi connectivity index (χ3n) is 2.80. The lowest BCUT2D eigenvalue weighted by atomic mass is 10.2. The zero-order chi connectivity index (χ0) is 13.1. The first-order valence-corrected chi connectivity index (χ1v) is 6.90. The summed E-state index contributed by atoms with van der Waals surface area (Å²) in [6.45, 7) is 0. The van der Waals surface area contributed by atoms with Crippen molar-refractivity contribution in [3.05, 3.63) is 71.8 Å². The molecule has 0 aliphatic carbocycles. The average Bonchev–Trinajstić information content (AvgIpc) is 2.48. The van der Waals surface area contributed by atoms with E-state index in [2.05, 4.69) is 22.1 Å². The molecule has 0 unspecified atom stereocenters. The Morgan fingerprint density at radius 3 is 2.21 bits per heavy atom. The van der Waals surface area contributed by atoms with E-state index in [1.165, 1.54) is 11.8 Å². The second-order valence-corrected chi connectivity index (χ2v) is 5.25. The quantitative estimate of drug-likeness (QED) is 0.908. The molecule has 0 bridgehead atoms. The third-order valence-corrected chi connectivity index (χ3v) is 3.74. The number of amidine groups is 2. The maximum absolute atomic E-state index is 5.92. The van der Waals surface area contributed by atoms with Gasteiger partial charge in [0.1, 0.15) is 5.37 Å². The van der Waals surface area contributed by atoms with Crippen LogP contribution in [0, 0.1) is 0 Å². The summed E-state index contributed by atoms with van der Waals surface area (Å²) >= 11 is 1.48. The summed E-state index contributed by atoms with van der Waals surface area (Å²) in [5, 5.41) is 0.539. The van der Waals surface area contributed by atoms with E-state index >= 15 is 0 Å². The van der Waals surface area contributed by atoms with Crippen molar-refractivity contribution < 1.29 is 0 Å². The molecule has 1 atom stereocenters. The van der Waals surface area contributed by atoms with Crippen molar-refractivity contribution in [2.45, 2.75) is 5.37 Å². The van der Waals surface area contributed by atoms with Crippen molar-refractivity contribution in [2.24, 2.45) is 15.7 Å². The lowest BCUT2D eigenvalue weighted by Crippen LogP contribution is -2.17. The number of nitrogens with two attached hydrogens (primary N) is 1. The highest BCUT2D eigenvalue weighted by Crippen LogP contribution is 2.33. The molecule has 2 N–H and O–H groups in total. The fraction of sp³-hybridized carbons (Fsp3) is 0.0667. The largest absolute Gasteiger partial charge is 0.378 e. The monoisotopic (exact) mass is 267 g/mol. The van der Waals surface area contributed by atoms with Gasteiger partial charge in [-0.15, -0.1) is 0 Å². The third kappa shape index (κ3) is 2.69. The Hall–Kier alpha value is -2.07. The Morgan fingerprint density at radius 1 is 0.895 bits per heavy atom. The Bertz CT molecular complexity index is 620. The van der Waals surface area contributed by atoms with E-state index in [9.17, 15) is 0 Å². The number of benzene rings is 2. The zero-order valence-electron chi connectivity index (χ0n) is 10.2. The lowest BCUT2D eigenvalue weighted by molar-refractivity contribution is 1.03. The molecule has 0 saturated heterocycles. The summed E-state index contributed by atoms with van der Waals surface area (Å²) in [5.41, 5.74) is 8.05. The van der Waals surface area contributed by atoms with Crippen LogP contribution in [0.1, 0.15) is 16.5 Å². The molecule has 1 aliphatic rings. The van der Waals surface area contributed by atoms with Gasteiger partial charge in [0.25, 0.3) is 0 Å². The highest BCUT2D eigenvalue weighted by atomic mass is 32.2. The van der Waals surface area contributed by atoms with E-state index in [4.69, 9.17) is 5.73 Å². The summed E-state index contributed by atoms with van der Waals surface area (Å²) in [4.78, 5) is 9.02. The standard InChI is InChI=1S/C15H13N3S/c16-15-18-13(11-7-3-1-4-8-11)17-14(19-15)12-9-5-2-6-10-12/h1-10,14H,(H2,16,17,18)/t14-/m1/s1.